The largest absolute Gasteiger partial charge is 0.497 e. The van der Waals surface area contributed by atoms with E-state index < -0.39 is 5.97 Å². The van der Waals surface area contributed by atoms with Crippen LogP contribution < -0.4 is 9.47 Å². The van der Waals surface area contributed by atoms with Crippen molar-refractivity contribution in [3.63, 3.8) is 0 Å². The van der Waals surface area contributed by atoms with Crippen LogP contribution in [0.25, 0.3) is 0 Å². The monoisotopic (exact) mass is 383 g/mol. The van der Waals surface area contributed by atoms with Gasteiger partial charge in [-0.1, -0.05) is 18.2 Å². The van der Waals surface area contributed by atoms with Crippen molar-refractivity contribution >= 4 is 11.9 Å². The molecule has 2 aromatic rings. The molecule has 1 heterocycles. The number of carboxylic acids is 1. The van der Waals surface area contributed by atoms with E-state index in [9.17, 15) is 14.7 Å². The summed E-state index contributed by atoms with van der Waals surface area (Å²) >= 11 is 0. The number of hydrogen-bond acceptors (Lipinski definition) is 4. The molecule has 28 heavy (non-hydrogen) atoms. The van der Waals surface area contributed by atoms with Gasteiger partial charge in [0.25, 0.3) is 5.91 Å². The highest BCUT2D eigenvalue weighted by molar-refractivity contribution is 5.95. The highest BCUT2D eigenvalue weighted by Gasteiger charge is 2.25. The van der Waals surface area contributed by atoms with Gasteiger partial charge in [0.15, 0.2) is 0 Å². The first kappa shape index (κ1) is 19.7. The maximum Gasteiger partial charge on any atom is 0.335 e. The van der Waals surface area contributed by atoms with E-state index in [4.69, 9.17) is 9.47 Å². The average molecular weight is 383 g/mol. The Kier molecular flexibility index (Phi) is 6.19. The number of piperidine rings is 1. The van der Waals surface area contributed by atoms with E-state index in [1.54, 1.807) is 44.6 Å². The Labute approximate surface area is 164 Å². The number of nitrogens with zero attached hydrogens (tertiary/aromatic N) is 1. The van der Waals surface area contributed by atoms with Crippen molar-refractivity contribution in [3.8, 4) is 11.5 Å². The lowest BCUT2D eigenvalue weighted by Gasteiger charge is -2.32. The van der Waals surface area contributed by atoms with E-state index in [-0.39, 0.29) is 5.91 Å². The normalized spacial score (nSPS) is 14.6. The van der Waals surface area contributed by atoms with E-state index in [2.05, 4.69) is 0 Å². The molecule has 0 radical (unpaired) electrons. The summed E-state index contributed by atoms with van der Waals surface area (Å²) in [6.07, 6.45) is 2.42. The first-order chi connectivity index (χ1) is 13.5. The number of likely N-dealkylation sites (tertiary alicyclic amines) is 1. The number of amides is 1. The van der Waals surface area contributed by atoms with Crippen LogP contribution in [0.1, 0.15) is 39.1 Å². The smallest absolute Gasteiger partial charge is 0.335 e. The summed E-state index contributed by atoms with van der Waals surface area (Å²) in [5, 5.41) is 9.35. The van der Waals surface area contributed by atoms with Crippen LogP contribution in [-0.2, 0) is 6.42 Å². The maximum atomic E-state index is 12.9. The second kappa shape index (κ2) is 8.78. The van der Waals surface area contributed by atoms with Gasteiger partial charge in [-0.15, -0.1) is 0 Å². The topological polar surface area (TPSA) is 76.1 Å². The van der Waals surface area contributed by atoms with Gasteiger partial charge in [0.2, 0.25) is 0 Å². The van der Waals surface area contributed by atoms with Crippen molar-refractivity contribution in [2.45, 2.75) is 19.3 Å². The molecule has 1 fully saturated rings. The molecule has 0 atom stereocenters. The number of ether oxygens (including phenoxy) is 2. The van der Waals surface area contributed by atoms with Crippen molar-refractivity contribution in [1.29, 1.82) is 0 Å². The number of carboxylic acid groups (broad SMARTS) is 1. The molecule has 0 spiro atoms. The molecule has 1 aliphatic rings. The highest BCUT2D eigenvalue weighted by atomic mass is 16.5. The fourth-order valence-electron chi connectivity index (χ4n) is 3.67. The van der Waals surface area contributed by atoms with Crippen LogP contribution in [0, 0.1) is 5.92 Å². The molecule has 1 N–H and O–H groups in total. The third-order valence-electron chi connectivity index (χ3n) is 5.26. The van der Waals surface area contributed by atoms with E-state index in [0.717, 1.165) is 24.8 Å². The molecule has 0 saturated carbocycles. The number of carbonyl (C=O) groups is 2. The van der Waals surface area contributed by atoms with Crippen molar-refractivity contribution < 1.29 is 24.2 Å². The zero-order valence-corrected chi connectivity index (χ0v) is 16.2. The number of methoxy groups -OCH3 is 2. The number of aromatic carboxylic acids is 1. The third-order valence-corrected chi connectivity index (χ3v) is 5.26. The molecule has 1 saturated heterocycles. The summed E-state index contributed by atoms with van der Waals surface area (Å²) in [5.74, 6) is 0.604. The van der Waals surface area contributed by atoms with Crippen LogP contribution in [0.5, 0.6) is 11.5 Å². The van der Waals surface area contributed by atoms with Gasteiger partial charge in [-0.05, 0) is 48.9 Å². The molecule has 1 amide bonds. The number of carbonyl (C=O) groups excluding carboxylic acids is 1. The molecule has 0 aliphatic carbocycles. The molecule has 0 unspecified atom stereocenters. The second-order valence-electron chi connectivity index (χ2n) is 7.00. The van der Waals surface area contributed by atoms with Gasteiger partial charge in [-0.2, -0.15) is 0 Å². The SMILES string of the molecule is COc1cc(OC)cc(C(=O)N2CCC(Cc3ccccc3C(=O)O)CC2)c1. The average Bonchev–Trinajstić information content (AvgIpc) is 2.73. The summed E-state index contributed by atoms with van der Waals surface area (Å²) in [5.41, 5.74) is 1.77. The molecule has 2 aromatic carbocycles. The Morgan fingerprint density at radius 2 is 1.64 bits per heavy atom. The van der Waals surface area contributed by atoms with Crippen LogP contribution >= 0.6 is 0 Å². The molecule has 3 rings (SSSR count). The van der Waals surface area contributed by atoms with Crippen molar-refractivity contribution in [3.05, 3.63) is 59.2 Å². The Morgan fingerprint density at radius 3 is 2.21 bits per heavy atom. The van der Waals surface area contributed by atoms with Crippen molar-refractivity contribution in [2.75, 3.05) is 27.3 Å². The molecular weight excluding hydrogens is 358 g/mol. The summed E-state index contributed by atoms with van der Waals surface area (Å²) in [6.45, 7) is 1.30. The van der Waals surface area contributed by atoms with Gasteiger partial charge in [0.1, 0.15) is 11.5 Å². The van der Waals surface area contributed by atoms with Gasteiger partial charge < -0.3 is 19.5 Å². The zero-order valence-electron chi connectivity index (χ0n) is 16.2. The minimum Gasteiger partial charge on any atom is -0.497 e. The van der Waals surface area contributed by atoms with Crippen molar-refractivity contribution in [2.24, 2.45) is 5.92 Å². The van der Waals surface area contributed by atoms with Gasteiger partial charge in [-0.25, -0.2) is 4.79 Å². The van der Waals surface area contributed by atoms with E-state index in [1.165, 1.54) is 0 Å². The Bertz CT molecular complexity index is 834. The predicted molar refractivity (Wildman–Crippen MR) is 105 cm³/mol. The van der Waals surface area contributed by atoms with Crippen LogP contribution in [0.2, 0.25) is 0 Å². The number of hydrogen-bond donors (Lipinski definition) is 1. The standard InChI is InChI=1S/C22H25NO5/c1-27-18-12-17(13-19(14-18)28-2)21(24)23-9-7-15(8-10-23)11-16-5-3-4-6-20(16)22(25)26/h3-6,12-15H,7-11H2,1-2H3,(H,25,26). The Balaban J connectivity index is 1.64. The summed E-state index contributed by atoms with van der Waals surface area (Å²) in [7, 11) is 3.12. The van der Waals surface area contributed by atoms with Gasteiger partial charge >= 0.3 is 5.97 Å². The maximum absolute atomic E-state index is 12.9. The van der Waals surface area contributed by atoms with Crippen molar-refractivity contribution in [1.82, 2.24) is 4.90 Å². The van der Waals surface area contributed by atoms with Gasteiger partial charge in [0.05, 0.1) is 19.8 Å². The Morgan fingerprint density at radius 1 is 1.04 bits per heavy atom. The third kappa shape index (κ3) is 4.44. The summed E-state index contributed by atoms with van der Waals surface area (Å²) < 4.78 is 10.5. The highest BCUT2D eigenvalue weighted by Crippen LogP contribution is 2.27. The quantitative estimate of drug-likeness (QED) is 0.826. The van der Waals surface area contributed by atoms with Crippen LogP contribution in [0.15, 0.2) is 42.5 Å². The minimum absolute atomic E-state index is 0.0402. The lowest BCUT2D eigenvalue weighted by molar-refractivity contribution is 0.0689. The summed E-state index contributed by atoms with van der Waals surface area (Å²) in [6, 6.07) is 12.3. The Hall–Kier alpha value is -3.02. The fourth-order valence-corrected chi connectivity index (χ4v) is 3.67. The lowest BCUT2D eigenvalue weighted by atomic mass is 9.88. The van der Waals surface area contributed by atoms with E-state index >= 15 is 0 Å². The lowest BCUT2D eigenvalue weighted by Crippen LogP contribution is -2.39. The minimum atomic E-state index is -0.893. The van der Waals surface area contributed by atoms with Gasteiger partial charge in [0, 0.05) is 24.7 Å². The molecule has 6 heteroatoms. The second-order valence-corrected chi connectivity index (χ2v) is 7.00. The van der Waals surface area contributed by atoms with Crippen LogP contribution in [0.4, 0.5) is 0 Å². The number of benzene rings is 2. The first-order valence-electron chi connectivity index (χ1n) is 9.35. The first-order valence-corrected chi connectivity index (χ1v) is 9.35. The zero-order chi connectivity index (χ0) is 20.1. The van der Waals surface area contributed by atoms with Crippen LogP contribution in [-0.4, -0.2) is 49.2 Å². The molecule has 148 valence electrons. The molecular formula is C22H25NO5. The van der Waals surface area contributed by atoms with Gasteiger partial charge in [-0.3, -0.25) is 4.79 Å². The molecule has 6 nitrogen and oxygen atoms in total. The predicted octanol–water partition coefficient (Wildman–Crippen LogP) is 3.50. The summed E-state index contributed by atoms with van der Waals surface area (Å²) in [4.78, 5) is 26.1. The van der Waals surface area contributed by atoms with E-state index in [1.807, 2.05) is 17.0 Å². The van der Waals surface area contributed by atoms with E-state index in [0.29, 0.717) is 41.6 Å². The molecule has 1 aliphatic heterocycles. The number of rotatable bonds is 6. The molecule has 0 bridgehead atoms. The molecule has 0 aromatic heterocycles. The fraction of sp³-hybridized carbons (Fsp3) is 0.364. The van der Waals surface area contributed by atoms with Crippen LogP contribution in [0.3, 0.4) is 0 Å².